The van der Waals surface area contributed by atoms with Crippen molar-refractivity contribution in [1.29, 1.82) is 5.41 Å². The number of aromatic nitrogens is 3. The Morgan fingerprint density at radius 1 is 1.31 bits per heavy atom. The minimum atomic E-state index is -4.62. The van der Waals surface area contributed by atoms with Gasteiger partial charge in [0.1, 0.15) is 11.7 Å². The molecule has 0 aromatic carbocycles. The normalized spacial score (nSPS) is 21.6. The predicted molar refractivity (Wildman–Crippen MR) is 111 cm³/mol. The lowest BCUT2D eigenvalue weighted by Gasteiger charge is -2.29. The van der Waals surface area contributed by atoms with Crippen LogP contribution in [0, 0.1) is 18.3 Å². The van der Waals surface area contributed by atoms with Crippen LogP contribution >= 0.6 is 0 Å². The Hall–Kier alpha value is -2.95. The molecule has 0 amide bonds. The molecule has 1 saturated heterocycles. The molecule has 0 bridgehead atoms. The van der Waals surface area contributed by atoms with Crippen molar-refractivity contribution in [1.82, 2.24) is 9.97 Å². The fraction of sp³-hybridized carbons (Fsp3) is 0.524. The standard InChI is InChI=1S/C21H25F3N6O2/c1-12-5-6-17(25)30(9-12)18(26)13-3-2-4-14(7-13)28-20-27-8-16(21(22,23)24)19(29-20)32-15-10-31-11-15/h5-6,8-9,13-15,25-26H,2-4,7,10-11H2,1H3,(H,27,28,29)/p+1/t13-,14+/m0/s1. The molecular weight excluding hydrogens is 425 g/mol. The van der Waals surface area contributed by atoms with Gasteiger partial charge in [0.25, 0.3) is 0 Å². The number of pyridine rings is 1. The third-order valence-corrected chi connectivity index (χ3v) is 5.73. The molecule has 11 heteroatoms. The van der Waals surface area contributed by atoms with Gasteiger partial charge in [0.05, 0.1) is 25.3 Å². The summed E-state index contributed by atoms with van der Waals surface area (Å²) in [6.07, 6.45) is 0.633. The lowest BCUT2D eigenvalue weighted by Crippen LogP contribution is -2.50. The molecule has 2 aromatic rings. The Labute approximate surface area is 183 Å². The van der Waals surface area contributed by atoms with Gasteiger partial charge in [-0.3, -0.25) is 0 Å². The number of hydrogen-bond acceptors (Lipinski definition) is 7. The molecule has 1 aliphatic heterocycles. The number of nitrogens with two attached hydrogens (primary N) is 1. The lowest BCUT2D eigenvalue weighted by atomic mass is 9.84. The SMILES string of the molecule is Cc1ccc(N)[n+](C(=N)[C@H]2CCC[C@@H](Nc3ncc(C(F)(F)F)c(OC4COC4)n3)C2)c1. The monoisotopic (exact) mass is 451 g/mol. The minimum Gasteiger partial charge on any atom is -0.469 e. The smallest absolute Gasteiger partial charge is 0.423 e. The van der Waals surface area contributed by atoms with Crippen molar-refractivity contribution in [2.24, 2.45) is 5.92 Å². The van der Waals surface area contributed by atoms with Gasteiger partial charge in [-0.1, -0.05) is 6.42 Å². The number of nitrogens with one attached hydrogen (secondary N) is 2. The van der Waals surface area contributed by atoms with Crippen molar-refractivity contribution in [2.75, 3.05) is 24.3 Å². The number of alkyl halides is 3. The van der Waals surface area contributed by atoms with E-state index in [4.69, 9.17) is 20.6 Å². The van der Waals surface area contributed by atoms with Gasteiger partial charge in [0, 0.05) is 18.3 Å². The fourth-order valence-electron chi connectivity index (χ4n) is 3.94. The van der Waals surface area contributed by atoms with E-state index in [2.05, 4.69) is 15.3 Å². The summed E-state index contributed by atoms with van der Waals surface area (Å²) in [7, 11) is 0. The third kappa shape index (κ3) is 4.93. The van der Waals surface area contributed by atoms with E-state index in [0.29, 0.717) is 18.1 Å². The topological polar surface area (TPSA) is 110 Å². The molecule has 0 unspecified atom stereocenters. The second-order valence-corrected chi connectivity index (χ2v) is 8.28. The number of rotatable bonds is 5. The van der Waals surface area contributed by atoms with E-state index in [1.807, 2.05) is 19.2 Å². The summed E-state index contributed by atoms with van der Waals surface area (Å²) in [5.74, 6) is 0.427. The van der Waals surface area contributed by atoms with Gasteiger partial charge in [-0.05, 0) is 37.8 Å². The van der Waals surface area contributed by atoms with Gasteiger partial charge in [-0.15, -0.1) is 0 Å². The molecule has 3 heterocycles. The molecule has 2 aromatic heterocycles. The molecule has 8 nitrogen and oxygen atoms in total. The van der Waals surface area contributed by atoms with Crippen LogP contribution in [0.1, 0.15) is 36.8 Å². The number of nitrogens with zero attached hydrogens (tertiary/aromatic N) is 3. The molecular formula is C21H26F3N6O2+. The maximum absolute atomic E-state index is 13.3. The summed E-state index contributed by atoms with van der Waals surface area (Å²) in [5, 5.41) is 11.8. The first-order valence-corrected chi connectivity index (χ1v) is 10.5. The molecule has 1 saturated carbocycles. The van der Waals surface area contributed by atoms with Crippen LogP contribution in [-0.4, -0.2) is 41.2 Å². The average Bonchev–Trinajstić information content (AvgIpc) is 2.71. The van der Waals surface area contributed by atoms with E-state index in [1.54, 1.807) is 10.6 Å². The van der Waals surface area contributed by atoms with Gasteiger partial charge in [-0.2, -0.15) is 23.6 Å². The summed E-state index contributed by atoms with van der Waals surface area (Å²) >= 11 is 0. The first kappa shape index (κ1) is 22.3. The van der Waals surface area contributed by atoms with Crippen LogP contribution in [0.25, 0.3) is 0 Å². The lowest BCUT2D eigenvalue weighted by molar-refractivity contribution is -0.546. The fourth-order valence-corrected chi connectivity index (χ4v) is 3.94. The number of ether oxygens (including phenoxy) is 2. The maximum atomic E-state index is 13.3. The zero-order valence-electron chi connectivity index (χ0n) is 17.7. The number of nitrogen functional groups attached to an aromatic ring is 1. The highest BCUT2D eigenvalue weighted by Crippen LogP contribution is 2.36. The second-order valence-electron chi connectivity index (χ2n) is 8.28. The first-order valence-electron chi connectivity index (χ1n) is 10.5. The molecule has 4 rings (SSSR count). The Bertz CT molecular complexity index is 996. The molecule has 0 spiro atoms. The molecule has 2 fully saturated rings. The molecule has 32 heavy (non-hydrogen) atoms. The Kier molecular flexibility index (Phi) is 6.18. The summed E-state index contributed by atoms with van der Waals surface area (Å²) in [5.41, 5.74) is 6.04. The van der Waals surface area contributed by atoms with E-state index in [-0.39, 0.29) is 31.1 Å². The predicted octanol–water partition coefficient (Wildman–Crippen LogP) is 2.95. The number of aryl methyl sites for hydroxylation is 1. The minimum absolute atomic E-state index is 0.0485. The molecule has 0 radical (unpaired) electrons. The van der Waals surface area contributed by atoms with Crippen molar-refractivity contribution in [3.8, 4) is 5.88 Å². The highest BCUT2D eigenvalue weighted by molar-refractivity contribution is 5.74. The summed E-state index contributed by atoms with van der Waals surface area (Å²) < 4.78 is 52.0. The van der Waals surface area contributed by atoms with Crippen LogP contribution in [0.15, 0.2) is 24.5 Å². The van der Waals surface area contributed by atoms with Crippen molar-refractivity contribution in [3.05, 3.63) is 35.7 Å². The Morgan fingerprint density at radius 2 is 2.09 bits per heavy atom. The summed E-state index contributed by atoms with van der Waals surface area (Å²) in [6.45, 7) is 2.40. The van der Waals surface area contributed by atoms with Gasteiger partial charge in [-0.25, -0.2) is 9.55 Å². The highest BCUT2D eigenvalue weighted by Gasteiger charge is 2.38. The molecule has 172 valence electrons. The molecule has 2 aliphatic rings. The van der Waals surface area contributed by atoms with Gasteiger partial charge < -0.3 is 20.5 Å². The summed E-state index contributed by atoms with van der Waals surface area (Å²) in [4.78, 5) is 7.88. The Morgan fingerprint density at radius 3 is 2.78 bits per heavy atom. The average molecular weight is 451 g/mol. The third-order valence-electron chi connectivity index (χ3n) is 5.73. The van der Waals surface area contributed by atoms with E-state index in [1.165, 1.54) is 0 Å². The quantitative estimate of drug-likeness (QED) is 0.366. The van der Waals surface area contributed by atoms with Crippen molar-refractivity contribution in [2.45, 2.75) is 50.9 Å². The highest BCUT2D eigenvalue weighted by atomic mass is 19.4. The maximum Gasteiger partial charge on any atom is 0.423 e. The number of halogens is 3. The van der Waals surface area contributed by atoms with Crippen LogP contribution in [0.4, 0.5) is 24.9 Å². The van der Waals surface area contributed by atoms with Crippen molar-refractivity contribution >= 4 is 17.6 Å². The van der Waals surface area contributed by atoms with Gasteiger partial charge in [0.15, 0.2) is 0 Å². The number of hydrogen-bond donors (Lipinski definition) is 3. The summed E-state index contributed by atoms with van der Waals surface area (Å²) in [6, 6.07) is 3.58. The van der Waals surface area contributed by atoms with Gasteiger partial charge in [0.2, 0.25) is 23.5 Å². The van der Waals surface area contributed by atoms with Crippen molar-refractivity contribution in [3.63, 3.8) is 0 Å². The van der Waals surface area contributed by atoms with Crippen LogP contribution in [0.5, 0.6) is 5.88 Å². The van der Waals surface area contributed by atoms with E-state index in [0.717, 1.165) is 31.0 Å². The largest absolute Gasteiger partial charge is 0.469 e. The zero-order valence-corrected chi connectivity index (χ0v) is 17.7. The molecule has 4 N–H and O–H groups in total. The van der Waals surface area contributed by atoms with Crippen LogP contribution in [0.2, 0.25) is 0 Å². The van der Waals surface area contributed by atoms with Crippen LogP contribution in [0.3, 0.4) is 0 Å². The first-order chi connectivity index (χ1) is 15.2. The van der Waals surface area contributed by atoms with E-state index >= 15 is 0 Å². The number of anilines is 2. The second kappa shape index (κ2) is 8.89. The zero-order chi connectivity index (χ0) is 22.9. The molecule has 1 aliphatic carbocycles. The van der Waals surface area contributed by atoms with Gasteiger partial charge >= 0.3 is 6.18 Å². The van der Waals surface area contributed by atoms with Crippen LogP contribution in [-0.2, 0) is 10.9 Å². The van der Waals surface area contributed by atoms with Crippen LogP contribution < -0.4 is 20.4 Å². The van der Waals surface area contributed by atoms with E-state index < -0.39 is 23.7 Å². The van der Waals surface area contributed by atoms with Crippen molar-refractivity contribution < 1.29 is 27.2 Å². The Balaban J connectivity index is 1.48. The molecule has 2 atom stereocenters. The van der Waals surface area contributed by atoms with E-state index in [9.17, 15) is 13.2 Å².